The summed E-state index contributed by atoms with van der Waals surface area (Å²) in [5.74, 6) is 0.539. The maximum absolute atomic E-state index is 12.3. The van der Waals surface area contributed by atoms with Gasteiger partial charge in [0.15, 0.2) is 17.6 Å². The molecule has 1 aliphatic carbocycles. The fourth-order valence-electron chi connectivity index (χ4n) is 3.36. The van der Waals surface area contributed by atoms with Gasteiger partial charge in [-0.2, -0.15) is 0 Å². The van der Waals surface area contributed by atoms with Crippen molar-refractivity contribution in [3.63, 3.8) is 0 Å². The number of benzene rings is 2. The van der Waals surface area contributed by atoms with E-state index in [9.17, 15) is 9.59 Å². The molecule has 0 fully saturated rings. The number of ether oxygens (including phenoxy) is 3. The summed E-state index contributed by atoms with van der Waals surface area (Å²) in [6.45, 7) is 2.09. The highest BCUT2D eigenvalue weighted by molar-refractivity contribution is 5.92. The molecule has 0 radical (unpaired) electrons. The van der Waals surface area contributed by atoms with Crippen LogP contribution >= 0.6 is 0 Å². The Kier molecular flexibility index (Phi) is 4.71. The molecule has 0 bridgehead atoms. The van der Waals surface area contributed by atoms with E-state index in [1.54, 1.807) is 19.1 Å². The number of carbonyl (C=O) groups excluding carboxylic acids is 2. The number of carbonyl (C=O) groups is 2. The third-order valence-corrected chi connectivity index (χ3v) is 4.89. The van der Waals surface area contributed by atoms with Crippen LogP contribution in [-0.4, -0.2) is 24.8 Å². The standard InChI is InChI=1S/C21H21NO5/c1-13(27-21(24)17-7-6-15-3-2-4-16(15)10-17)20(23)22-11-14-5-8-18-19(9-14)26-12-25-18/h5-10,13H,2-4,11-12H2,1H3,(H,22,23)/t13-/m1/s1. The van der Waals surface area contributed by atoms with Gasteiger partial charge in [-0.05, 0) is 67.1 Å². The fourth-order valence-corrected chi connectivity index (χ4v) is 3.36. The SMILES string of the molecule is C[C@@H](OC(=O)c1ccc2c(c1)CCC2)C(=O)NCc1ccc2c(c1)OCO2. The zero-order valence-corrected chi connectivity index (χ0v) is 15.1. The van der Waals surface area contributed by atoms with E-state index in [-0.39, 0.29) is 12.7 Å². The lowest BCUT2D eigenvalue weighted by atomic mass is 10.1. The van der Waals surface area contributed by atoms with Gasteiger partial charge in [-0.25, -0.2) is 4.79 Å². The Morgan fingerprint density at radius 2 is 1.89 bits per heavy atom. The number of hydrogen-bond donors (Lipinski definition) is 1. The lowest BCUT2D eigenvalue weighted by molar-refractivity contribution is -0.129. The molecule has 2 aliphatic rings. The molecule has 0 aromatic heterocycles. The summed E-state index contributed by atoms with van der Waals surface area (Å²) >= 11 is 0. The van der Waals surface area contributed by atoms with Crippen molar-refractivity contribution in [2.75, 3.05) is 6.79 Å². The van der Waals surface area contributed by atoms with E-state index in [2.05, 4.69) is 5.32 Å². The molecule has 6 nitrogen and oxygen atoms in total. The summed E-state index contributed by atoms with van der Waals surface area (Å²) in [6, 6.07) is 11.1. The van der Waals surface area contributed by atoms with Gasteiger partial charge in [0.2, 0.25) is 6.79 Å². The van der Waals surface area contributed by atoms with Gasteiger partial charge < -0.3 is 19.5 Å². The highest BCUT2D eigenvalue weighted by Crippen LogP contribution is 2.32. The smallest absolute Gasteiger partial charge is 0.338 e. The van der Waals surface area contributed by atoms with Crippen LogP contribution in [0.4, 0.5) is 0 Å². The van der Waals surface area contributed by atoms with E-state index in [1.165, 1.54) is 11.1 Å². The number of rotatable bonds is 5. The van der Waals surface area contributed by atoms with Crippen molar-refractivity contribution >= 4 is 11.9 Å². The van der Waals surface area contributed by atoms with Crippen LogP contribution in [0.3, 0.4) is 0 Å². The molecule has 27 heavy (non-hydrogen) atoms. The zero-order valence-electron chi connectivity index (χ0n) is 15.1. The number of amides is 1. The predicted molar refractivity (Wildman–Crippen MR) is 97.8 cm³/mol. The van der Waals surface area contributed by atoms with Gasteiger partial charge in [-0.1, -0.05) is 12.1 Å². The summed E-state index contributed by atoms with van der Waals surface area (Å²) < 4.78 is 15.9. The van der Waals surface area contributed by atoms with Crippen LogP contribution in [0, 0.1) is 0 Å². The Morgan fingerprint density at radius 1 is 1.07 bits per heavy atom. The first-order chi connectivity index (χ1) is 13.1. The van der Waals surface area contributed by atoms with Crippen molar-refractivity contribution < 1.29 is 23.8 Å². The molecule has 1 aliphatic heterocycles. The molecule has 1 N–H and O–H groups in total. The molecule has 1 atom stereocenters. The molecule has 2 aromatic rings. The third-order valence-electron chi connectivity index (χ3n) is 4.89. The monoisotopic (exact) mass is 367 g/mol. The molecule has 0 spiro atoms. The number of aryl methyl sites for hydroxylation is 2. The zero-order chi connectivity index (χ0) is 18.8. The number of fused-ring (bicyclic) bond motifs is 2. The second kappa shape index (κ2) is 7.31. The van der Waals surface area contributed by atoms with E-state index < -0.39 is 12.1 Å². The average Bonchev–Trinajstić information content (AvgIpc) is 3.33. The molecule has 1 heterocycles. The lowest BCUT2D eigenvalue weighted by Gasteiger charge is -2.14. The second-order valence-corrected chi connectivity index (χ2v) is 6.79. The minimum atomic E-state index is -0.875. The minimum Gasteiger partial charge on any atom is -0.454 e. The van der Waals surface area contributed by atoms with Crippen LogP contribution in [0.1, 0.15) is 40.4 Å². The van der Waals surface area contributed by atoms with Gasteiger partial charge in [0, 0.05) is 6.54 Å². The molecule has 0 unspecified atom stereocenters. The van der Waals surface area contributed by atoms with Gasteiger partial charge in [-0.15, -0.1) is 0 Å². The van der Waals surface area contributed by atoms with Gasteiger partial charge in [0.05, 0.1) is 5.56 Å². The van der Waals surface area contributed by atoms with Crippen LogP contribution in [0.5, 0.6) is 11.5 Å². The third kappa shape index (κ3) is 3.74. The largest absolute Gasteiger partial charge is 0.454 e. The van der Waals surface area contributed by atoms with Crippen molar-refractivity contribution in [2.45, 2.75) is 38.8 Å². The van der Waals surface area contributed by atoms with E-state index in [4.69, 9.17) is 14.2 Å². The Labute approximate surface area is 157 Å². The first kappa shape index (κ1) is 17.4. The van der Waals surface area contributed by atoms with Gasteiger partial charge in [0.25, 0.3) is 5.91 Å². The quantitative estimate of drug-likeness (QED) is 0.823. The highest BCUT2D eigenvalue weighted by Gasteiger charge is 2.21. The molecule has 0 saturated heterocycles. The molecule has 4 rings (SSSR count). The summed E-state index contributed by atoms with van der Waals surface area (Å²) in [5.41, 5.74) is 3.86. The topological polar surface area (TPSA) is 73.9 Å². The van der Waals surface area contributed by atoms with E-state index in [1.807, 2.05) is 24.3 Å². The molecule has 0 saturated carbocycles. The Hall–Kier alpha value is -3.02. The summed E-state index contributed by atoms with van der Waals surface area (Å²) in [5, 5.41) is 2.78. The number of hydrogen-bond acceptors (Lipinski definition) is 5. The molecule has 6 heteroatoms. The minimum absolute atomic E-state index is 0.209. The number of esters is 1. The van der Waals surface area contributed by atoms with E-state index in [0.29, 0.717) is 23.6 Å². The van der Waals surface area contributed by atoms with Crippen molar-refractivity contribution in [3.8, 4) is 11.5 Å². The van der Waals surface area contributed by atoms with Crippen LogP contribution in [-0.2, 0) is 28.9 Å². The van der Waals surface area contributed by atoms with Crippen LogP contribution in [0.25, 0.3) is 0 Å². The second-order valence-electron chi connectivity index (χ2n) is 6.79. The van der Waals surface area contributed by atoms with Crippen LogP contribution in [0.15, 0.2) is 36.4 Å². The number of nitrogens with one attached hydrogen (secondary N) is 1. The summed E-state index contributed by atoms with van der Waals surface area (Å²) in [6.07, 6.45) is 2.29. The first-order valence-electron chi connectivity index (χ1n) is 9.09. The van der Waals surface area contributed by atoms with Crippen LogP contribution < -0.4 is 14.8 Å². The van der Waals surface area contributed by atoms with Gasteiger partial charge in [0.1, 0.15) is 0 Å². The van der Waals surface area contributed by atoms with Crippen molar-refractivity contribution in [2.24, 2.45) is 0 Å². The Morgan fingerprint density at radius 3 is 2.78 bits per heavy atom. The summed E-state index contributed by atoms with van der Waals surface area (Å²) in [4.78, 5) is 24.6. The fraction of sp³-hybridized carbons (Fsp3) is 0.333. The molecular formula is C21H21NO5. The maximum atomic E-state index is 12.3. The highest BCUT2D eigenvalue weighted by atomic mass is 16.7. The van der Waals surface area contributed by atoms with E-state index in [0.717, 1.165) is 24.8 Å². The van der Waals surface area contributed by atoms with Crippen LogP contribution in [0.2, 0.25) is 0 Å². The predicted octanol–water partition coefficient (Wildman–Crippen LogP) is 2.77. The Balaban J connectivity index is 1.31. The normalized spacial score (nSPS) is 15.1. The maximum Gasteiger partial charge on any atom is 0.338 e. The molecule has 140 valence electrons. The summed E-state index contributed by atoms with van der Waals surface area (Å²) in [7, 11) is 0. The van der Waals surface area contributed by atoms with E-state index >= 15 is 0 Å². The lowest BCUT2D eigenvalue weighted by Crippen LogP contribution is -2.35. The molecule has 2 aromatic carbocycles. The first-order valence-corrected chi connectivity index (χ1v) is 9.09. The van der Waals surface area contributed by atoms with Crippen molar-refractivity contribution in [1.29, 1.82) is 0 Å². The average molecular weight is 367 g/mol. The molecule has 1 amide bonds. The van der Waals surface area contributed by atoms with Gasteiger partial charge >= 0.3 is 5.97 Å². The van der Waals surface area contributed by atoms with Gasteiger partial charge in [-0.3, -0.25) is 4.79 Å². The van der Waals surface area contributed by atoms with Crippen molar-refractivity contribution in [3.05, 3.63) is 58.7 Å². The Bertz CT molecular complexity index is 892. The molecular weight excluding hydrogens is 346 g/mol. The van der Waals surface area contributed by atoms with Crippen molar-refractivity contribution in [1.82, 2.24) is 5.32 Å².